The van der Waals surface area contributed by atoms with Gasteiger partial charge in [-0.05, 0) is 88.6 Å². The van der Waals surface area contributed by atoms with E-state index in [1.54, 1.807) is 0 Å². The van der Waals surface area contributed by atoms with Crippen molar-refractivity contribution in [1.29, 1.82) is 0 Å². The van der Waals surface area contributed by atoms with Crippen molar-refractivity contribution in [3.8, 4) is 16.8 Å². The minimum absolute atomic E-state index is 0.870. The molecule has 2 aromatic heterocycles. The van der Waals surface area contributed by atoms with E-state index in [0.717, 1.165) is 44.7 Å². The first-order valence-electron chi connectivity index (χ1n) is 16.7. The van der Waals surface area contributed by atoms with Crippen LogP contribution in [0.25, 0.3) is 71.3 Å². The molecular weight excluding hydrogens is 597 g/mol. The SMILES string of the molecule is c1ccc(-c2ccc(N(c3ccccc3)c3ccc4oc5cc(-n6c7ccccc7c7c8ccccc8ccc76)ccc5c4c3)cc2)cc1. The number of furan rings is 1. The average Bonchev–Trinajstić information content (AvgIpc) is 3.71. The highest BCUT2D eigenvalue weighted by Crippen LogP contribution is 2.41. The Bertz CT molecular complexity index is 2810. The number of para-hydroxylation sites is 2. The molecule has 0 atom stereocenters. The molecule has 0 bridgehead atoms. The van der Waals surface area contributed by atoms with Crippen molar-refractivity contribution in [1.82, 2.24) is 4.57 Å². The van der Waals surface area contributed by atoms with Crippen LogP contribution in [0.1, 0.15) is 0 Å². The molecule has 0 N–H and O–H groups in total. The molecule has 0 saturated carbocycles. The van der Waals surface area contributed by atoms with Crippen molar-refractivity contribution in [3.63, 3.8) is 0 Å². The quantitative estimate of drug-likeness (QED) is 0.190. The van der Waals surface area contributed by atoms with Crippen LogP contribution in [-0.4, -0.2) is 4.57 Å². The topological polar surface area (TPSA) is 21.3 Å². The Morgan fingerprint density at radius 3 is 1.90 bits per heavy atom. The molecule has 0 aliphatic carbocycles. The smallest absolute Gasteiger partial charge is 0.137 e. The number of hydrogen-bond donors (Lipinski definition) is 0. The van der Waals surface area contributed by atoms with E-state index in [2.05, 4.69) is 191 Å². The molecule has 0 saturated heterocycles. The molecule has 10 aromatic rings. The van der Waals surface area contributed by atoms with Gasteiger partial charge in [0, 0.05) is 50.4 Å². The molecule has 0 amide bonds. The summed E-state index contributed by atoms with van der Waals surface area (Å²) in [7, 11) is 0. The van der Waals surface area contributed by atoms with Crippen LogP contribution < -0.4 is 4.90 Å². The fourth-order valence-corrected chi connectivity index (χ4v) is 7.51. The van der Waals surface area contributed by atoms with Crippen LogP contribution in [0.15, 0.2) is 186 Å². The summed E-state index contributed by atoms with van der Waals surface area (Å²) in [5, 5.41) is 7.23. The predicted octanol–water partition coefficient (Wildman–Crippen LogP) is 13.0. The van der Waals surface area contributed by atoms with Gasteiger partial charge in [-0.1, -0.05) is 109 Å². The highest BCUT2D eigenvalue weighted by molar-refractivity contribution is 6.21. The predicted molar refractivity (Wildman–Crippen MR) is 206 cm³/mol. The molecule has 3 heteroatoms. The van der Waals surface area contributed by atoms with Gasteiger partial charge in [0.15, 0.2) is 0 Å². The van der Waals surface area contributed by atoms with Gasteiger partial charge in [-0.15, -0.1) is 0 Å². The summed E-state index contributed by atoms with van der Waals surface area (Å²) in [4.78, 5) is 2.31. The highest BCUT2D eigenvalue weighted by Gasteiger charge is 2.18. The third kappa shape index (κ3) is 4.44. The van der Waals surface area contributed by atoms with E-state index in [0.29, 0.717) is 0 Å². The van der Waals surface area contributed by atoms with E-state index in [9.17, 15) is 0 Å². The van der Waals surface area contributed by atoms with Crippen LogP contribution in [0.2, 0.25) is 0 Å². The number of rotatable bonds is 5. The monoisotopic (exact) mass is 626 g/mol. The van der Waals surface area contributed by atoms with Crippen LogP contribution in [0.3, 0.4) is 0 Å². The van der Waals surface area contributed by atoms with Crippen LogP contribution in [0.4, 0.5) is 17.1 Å². The number of nitrogens with zero attached hydrogens (tertiary/aromatic N) is 2. The van der Waals surface area contributed by atoms with Crippen LogP contribution in [0.5, 0.6) is 0 Å². The van der Waals surface area contributed by atoms with Crippen molar-refractivity contribution in [2.24, 2.45) is 0 Å². The Kier molecular flexibility index (Phi) is 6.18. The van der Waals surface area contributed by atoms with Crippen LogP contribution in [-0.2, 0) is 0 Å². The minimum Gasteiger partial charge on any atom is -0.456 e. The molecule has 0 fully saturated rings. The van der Waals surface area contributed by atoms with Gasteiger partial charge in [0.2, 0.25) is 0 Å². The number of benzene rings is 8. The fraction of sp³-hybridized carbons (Fsp3) is 0. The van der Waals surface area contributed by atoms with E-state index in [4.69, 9.17) is 4.42 Å². The first-order chi connectivity index (χ1) is 24.3. The minimum atomic E-state index is 0.870. The molecule has 0 aliphatic heterocycles. The molecule has 3 nitrogen and oxygen atoms in total. The lowest BCUT2D eigenvalue weighted by Gasteiger charge is -2.25. The third-order valence-electron chi connectivity index (χ3n) is 9.76. The molecule has 49 heavy (non-hydrogen) atoms. The van der Waals surface area contributed by atoms with E-state index in [1.807, 2.05) is 0 Å². The lowest BCUT2D eigenvalue weighted by Crippen LogP contribution is -2.09. The maximum absolute atomic E-state index is 6.56. The molecule has 0 spiro atoms. The Hall–Kier alpha value is -6.58. The first kappa shape index (κ1) is 27.5. The zero-order valence-corrected chi connectivity index (χ0v) is 26.6. The fourth-order valence-electron chi connectivity index (χ4n) is 7.51. The Morgan fingerprint density at radius 1 is 0.388 bits per heavy atom. The van der Waals surface area contributed by atoms with Gasteiger partial charge in [0.05, 0.1) is 11.0 Å². The van der Waals surface area contributed by atoms with E-state index >= 15 is 0 Å². The molecule has 230 valence electrons. The van der Waals surface area contributed by atoms with Gasteiger partial charge in [-0.3, -0.25) is 0 Å². The van der Waals surface area contributed by atoms with E-state index in [-0.39, 0.29) is 0 Å². The number of fused-ring (bicyclic) bond motifs is 8. The van der Waals surface area contributed by atoms with Crippen molar-refractivity contribution in [2.45, 2.75) is 0 Å². The van der Waals surface area contributed by atoms with Crippen LogP contribution >= 0.6 is 0 Å². The molecule has 0 radical (unpaired) electrons. The average molecular weight is 627 g/mol. The Balaban J connectivity index is 1.11. The highest BCUT2D eigenvalue weighted by atomic mass is 16.3. The van der Waals surface area contributed by atoms with E-state index in [1.165, 1.54) is 43.7 Å². The summed E-state index contributed by atoms with van der Waals surface area (Å²) < 4.78 is 8.93. The second-order valence-electron chi connectivity index (χ2n) is 12.6. The molecule has 0 aliphatic rings. The summed E-state index contributed by atoms with van der Waals surface area (Å²) in [6.45, 7) is 0. The summed E-state index contributed by atoms with van der Waals surface area (Å²) in [5.74, 6) is 0. The zero-order chi connectivity index (χ0) is 32.3. The summed E-state index contributed by atoms with van der Waals surface area (Å²) >= 11 is 0. The maximum Gasteiger partial charge on any atom is 0.137 e. The van der Waals surface area contributed by atoms with Crippen molar-refractivity contribution < 1.29 is 4.42 Å². The Morgan fingerprint density at radius 2 is 1.06 bits per heavy atom. The molecule has 2 heterocycles. The molecule has 8 aromatic carbocycles. The molecule has 0 unspecified atom stereocenters. The van der Waals surface area contributed by atoms with Gasteiger partial charge in [-0.2, -0.15) is 0 Å². The lowest BCUT2D eigenvalue weighted by atomic mass is 10.0. The van der Waals surface area contributed by atoms with Crippen molar-refractivity contribution >= 4 is 71.6 Å². The lowest BCUT2D eigenvalue weighted by molar-refractivity contribution is 0.668. The zero-order valence-electron chi connectivity index (χ0n) is 26.6. The van der Waals surface area contributed by atoms with E-state index < -0.39 is 0 Å². The normalized spacial score (nSPS) is 11.7. The molecule has 10 rings (SSSR count). The van der Waals surface area contributed by atoms with Crippen LogP contribution in [0, 0.1) is 0 Å². The Labute approximate surface area is 283 Å². The van der Waals surface area contributed by atoms with Gasteiger partial charge in [-0.25, -0.2) is 0 Å². The summed E-state index contributed by atoms with van der Waals surface area (Å²) in [6, 6.07) is 64.8. The van der Waals surface area contributed by atoms with Crippen molar-refractivity contribution in [2.75, 3.05) is 4.90 Å². The standard InChI is InChI=1S/C46H30N2O/c1-3-11-31(12-4-1)32-19-22-35(23-20-32)47(34-14-5-2-6-15-34)36-25-28-44-41(29-36)39-26-24-37(30-45(39)49-44)48-42-18-10-9-17-40(42)46-38-16-8-7-13-33(38)21-27-43(46)48/h1-30H. The molecular formula is C46H30N2O. The van der Waals surface area contributed by atoms with Crippen molar-refractivity contribution in [3.05, 3.63) is 182 Å². The van der Waals surface area contributed by atoms with Gasteiger partial charge in [0.25, 0.3) is 0 Å². The second kappa shape index (κ2) is 11.0. The third-order valence-corrected chi connectivity index (χ3v) is 9.76. The largest absolute Gasteiger partial charge is 0.456 e. The first-order valence-corrected chi connectivity index (χ1v) is 16.7. The maximum atomic E-state index is 6.56. The second-order valence-corrected chi connectivity index (χ2v) is 12.6. The number of hydrogen-bond acceptors (Lipinski definition) is 2. The number of anilines is 3. The van der Waals surface area contributed by atoms with Gasteiger partial charge >= 0.3 is 0 Å². The number of aromatic nitrogens is 1. The van der Waals surface area contributed by atoms with Gasteiger partial charge < -0.3 is 13.9 Å². The summed E-state index contributed by atoms with van der Waals surface area (Å²) in [5.41, 5.74) is 10.9. The van der Waals surface area contributed by atoms with Gasteiger partial charge in [0.1, 0.15) is 11.2 Å². The summed E-state index contributed by atoms with van der Waals surface area (Å²) in [6.07, 6.45) is 0.